The van der Waals surface area contributed by atoms with Crippen molar-refractivity contribution in [2.45, 2.75) is 4.87 Å². The Labute approximate surface area is 166 Å². The van der Waals surface area contributed by atoms with Crippen molar-refractivity contribution < 1.29 is 0 Å². The van der Waals surface area contributed by atoms with Crippen LogP contribution in [0.3, 0.4) is 0 Å². The lowest BCUT2D eigenvalue weighted by Crippen LogP contribution is -2.34. The molecule has 0 spiro atoms. The Morgan fingerprint density at radius 1 is 0.821 bits per heavy atom. The molecule has 28 heavy (non-hydrogen) atoms. The molecule has 3 aromatic carbocycles. The van der Waals surface area contributed by atoms with Crippen LogP contribution in [0.4, 0.5) is 0 Å². The number of hydrogen-bond donors (Lipinski definition) is 2. The van der Waals surface area contributed by atoms with Gasteiger partial charge in [-0.25, -0.2) is 0 Å². The van der Waals surface area contributed by atoms with E-state index in [9.17, 15) is 0 Å². The summed E-state index contributed by atoms with van der Waals surface area (Å²) in [7, 11) is 0. The Morgan fingerprint density at radius 2 is 1.61 bits per heavy atom. The van der Waals surface area contributed by atoms with E-state index >= 15 is 0 Å². The minimum absolute atomic E-state index is 0.456. The van der Waals surface area contributed by atoms with E-state index in [1.54, 1.807) is 11.8 Å². The van der Waals surface area contributed by atoms with Crippen LogP contribution in [-0.4, -0.2) is 20.6 Å². The van der Waals surface area contributed by atoms with Gasteiger partial charge in [-0.15, -0.1) is 10.2 Å². The highest BCUT2D eigenvalue weighted by Crippen LogP contribution is 2.49. The molecule has 0 saturated carbocycles. The van der Waals surface area contributed by atoms with E-state index in [1.165, 1.54) is 5.56 Å². The van der Waals surface area contributed by atoms with Gasteiger partial charge in [0.2, 0.25) is 5.82 Å². The molecule has 0 saturated heterocycles. The number of tetrazole rings is 1. The highest BCUT2D eigenvalue weighted by molar-refractivity contribution is 8.03. The van der Waals surface area contributed by atoms with Crippen LogP contribution in [0.2, 0.25) is 0 Å². The van der Waals surface area contributed by atoms with Gasteiger partial charge in [-0.1, -0.05) is 90.6 Å². The monoisotopic (exact) mass is 383 g/mol. The normalized spacial score (nSPS) is 18.1. The van der Waals surface area contributed by atoms with Gasteiger partial charge >= 0.3 is 0 Å². The number of nitrogens with one attached hydrogen (secondary N) is 2. The van der Waals surface area contributed by atoms with Crippen LogP contribution in [0, 0.1) is 0 Å². The average Bonchev–Trinajstić information content (AvgIpc) is 3.47. The molecule has 0 fully saturated rings. The highest BCUT2D eigenvalue weighted by atomic mass is 32.2. The molecular weight excluding hydrogens is 366 g/mol. The fourth-order valence-electron chi connectivity index (χ4n) is 3.66. The van der Waals surface area contributed by atoms with Gasteiger partial charge in [0, 0.05) is 17.3 Å². The molecule has 0 bridgehead atoms. The van der Waals surface area contributed by atoms with Crippen molar-refractivity contribution in [3.63, 3.8) is 0 Å². The molecule has 1 atom stereocenters. The fraction of sp³-hybridized carbons (Fsp3) is 0.0455. The lowest BCUT2D eigenvalue weighted by Gasteiger charge is -2.32. The van der Waals surface area contributed by atoms with Crippen molar-refractivity contribution in [3.8, 4) is 22.5 Å². The summed E-state index contributed by atoms with van der Waals surface area (Å²) in [6.45, 7) is 0. The number of thioether (sulfide) groups is 1. The van der Waals surface area contributed by atoms with Crippen molar-refractivity contribution in [3.05, 3.63) is 102 Å². The fourth-order valence-corrected chi connectivity index (χ4v) is 4.70. The van der Waals surface area contributed by atoms with Crippen molar-refractivity contribution in [2.24, 2.45) is 0 Å². The number of rotatable bonds is 4. The summed E-state index contributed by atoms with van der Waals surface area (Å²) in [4.78, 5) is -0.456. The average molecular weight is 383 g/mol. The summed E-state index contributed by atoms with van der Waals surface area (Å²) in [6, 6.07) is 27.1. The number of hydrogen-bond acceptors (Lipinski definition) is 5. The highest BCUT2D eigenvalue weighted by Gasteiger charge is 2.39. The summed E-state index contributed by atoms with van der Waals surface area (Å²) < 4.78 is 0. The number of aromatic amines is 1. The van der Waals surface area contributed by atoms with Crippen LogP contribution < -0.4 is 5.32 Å². The summed E-state index contributed by atoms with van der Waals surface area (Å²) in [5.41, 5.74) is 5.42. The van der Waals surface area contributed by atoms with Gasteiger partial charge in [-0.3, -0.25) is 0 Å². The molecule has 4 aromatic rings. The van der Waals surface area contributed by atoms with Crippen LogP contribution in [-0.2, 0) is 4.87 Å². The molecule has 1 unspecified atom stereocenters. The van der Waals surface area contributed by atoms with E-state index in [0.29, 0.717) is 5.82 Å². The second kappa shape index (κ2) is 6.98. The Hall–Kier alpha value is -3.38. The summed E-state index contributed by atoms with van der Waals surface area (Å²) in [5, 5.41) is 20.7. The summed E-state index contributed by atoms with van der Waals surface area (Å²) >= 11 is 1.73. The molecule has 2 heterocycles. The standard InChI is InChI=1S/C22H17N5S/c1-3-8-16(9-4-1)18-12-7-13-19(20(18)21-24-26-27-25-21)22(23-14-15-28-22)17-10-5-2-6-11-17/h1-15,23H,(H,24,25,26,27). The third kappa shape index (κ3) is 2.70. The smallest absolute Gasteiger partial charge is 0.205 e. The summed E-state index contributed by atoms with van der Waals surface area (Å²) in [6.07, 6.45) is 1.99. The van der Waals surface area contributed by atoms with Crippen LogP contribution in [0.1, 0.15) is 11.1 Å². The maximum atomic E-state index is 4.32. The van der Waals surface area contributed by atoms with Crippen LogP contribution in [0.5, 0.6) is 0 Å². The van der Waals surface area contributed by atoms with Gasteiger partial charge in [0.25, 0.3) is 0 Å². The quantitative estimate of drug-likeness (QED) is 0.541. The van der Waals surface area contributed by atoms with Crippen LogP contribution in [0.25, 0.3) is 22.5 Å². The molecule has 5 nitrogen and oxygen atoms in total. The zero-order valence-electron chi connectivity index (χ0n) is 14.9. The predicted molar refractivity (Wildman–Crippen MR) is 112 cm³/mol. The number of H-pyrrole nitrogens is 1. The molecule has 1 aliphatic heterocycles. The van der Waals surface area contributed by atoms with E-state index in [0.717, 1.165) is 22.3 Å². The van der Waals surface area contributed by atoms with Gasteiger partial charge in [-0.05, 0) is 27.3 Å². The van der Waals surface area contributed by atoms with Gasteiger partial charge in [0.05, 0.1) is 0 Å². The van der Waals surface area contributed by atoms with E-state index in [-0.39, 0.29) is 0 Å². The van der Waals surface area contributed by atoms with Crippen molar-refractivity contribution in [1.82, 2.24) is 25.9 Å². The van der Waals surface area contributed by atoms with Crippen molar-refractivity contribution >= 4 is 11.8 Å². The first kappa shape index (κ1) is 16.8. The molecule has 0 amide bonds. The molecule has 136 valence electrons. The Morgan fingerprint density at radius 3 is 2.29 bits per heavy atom. The van der Waals surface area contributed by atoms with E-state index in [1.807, 2.05) is 30.5 Å². The minimum atomic E-state index is -0.456. The molecule has 1 aliphatic rings. The Bertz CT molecular complexity index is 1100. The van der Waals surface area contributed by atoms with E-state index < -0.39 is 4.87 Å². The van der Waals surface area contributed by atoms with Crippen LogP contribution in [0.15, 0.2) is 90.5 Å². The Balaban J connectivity index is 1.81. The van der Waals surface area contributed by atoms with E-state index in [4.69, 9.17) is 0 Å². The zero-order chi connectivity index (χ0) is 18.8. The van der Waals surface area contributed by atoms with Crippen molar-refractivity contribution in [1.29, 1.82) is 0 Å². The third-order valence-electron chi connectivity index (χ3n) is 4.88. The Kier molecular flexibility index (Phi) is 4.18. The second-order valence-corrected chi connectivity index (χ2v) is 7.56. The van der Waals surface area contributed by atoms with Gasteiger partial charge in [0.15, 0.2) is 0 Å². The lowest BCUT2D eigenvalue weighted by molar-refractivity contribution is 0.677. The largest absolute Gasteiger partial charge is 0.369 e. The first-order valence-corrected chi connectivity index (χ1v) is 9.85. The molecule has 1 aromatic heterocycles. The molecule has 6 heteroatoms. The first-order valence-electron chi connectivity index (χ1n) is 8.97. The lowest BCUT2D eigenvalue weighted by atomic mass is 9.88. The molecule has 0 aliphatic carbocycles. The first-order chi connectivity index (χ1) is 13.9. The van der Waals surface area contributed by atoms with E-state index in [2.05, 4.69) is 85.9 Å². The maximum Gasteiger partial charge on any atom is 0.205 e. The topological polar surface area (TPSA) is 66.5 Å². The van der Waals surface area contributed by atoms with Crippen LogP contribution >= 0.6 is 11.8 Å². The molecular formula is C22H17N5S. The maximum absolute atomic E-state index is 4.32. The molecule has 0 radical (unpaired) electrons. The van der Waals surface area contributed by atoms with Crippen molar-refractivity contribution in [2.75, 3.05) is 0 Å². The zero-order valence-corrected chi connectivity index (χ0v) is 15.7. The van der Waals surface area contributed by atoms with Gasteiger partial charge in [-0.2, -0.15) is 5.21 Å². The third-order valence-corrected chi connectivity index (χ3v) is 6.08. The second-order valence-electron chi connectivity index (χ2n) is 6.44. The molecule has 2 N–H and O–H groups in total. The number of benzene rings is 3. The number of aromatic nitrogens is 4. The van der Waals surface area contributed by atoms with Gasteiger partial charge in [0.1, 0.15) is 4.87 Å². The minimum Gasteiger partial charge on any atom is -0.369 e. The van der Waals surface area contributed by atoms with Gasteiger partial charge < -0.3 is 5.32 Å². The molecule has 5 rings (SSSR count). The summed E-state index contributed by atoms with van der Waals surface area (Å²) in [5.74, 6) is 0.582. The number of nitrogens with zero attached hydrogens (tertiary/aromatic N) is 3. The SMILES string of the molecule is C1=CSC(c2ccccc2)(c2cccc(-c3ccccc3)c2-c2nn[nH]n2)N1. The predicted octanol–water partition coefficient (Wildman–Crippen LogP) is 4.54.